The third-order valence-corrected chi connectivity index (χ3v) is 3.65. The SMILES string of the molecule is COc1cncc(-c2cc(Cl)cc(Cl)c2Cl)c1C(=O)O. The van der Waals surface area contributed by atoms with Crippen molar-refractivity contribution in [3.8, 4) is 16.9 Å². The van der Waals surface area contributed by atoms with Crippen LogP contribution in [0, 0.1) is 0 Å². The van der Waals surface area contributed by atoms with Gasteiger partial charge < -0.3 is 9.84 Å². The molecular weight excluding hydrogens is 325 g/mol. The van der Waals surface area contributed by atoms with Crippen LogP contribution in [-0.2, 0) is 0 Å². The molecule has 0 unspecified atom stereocenters. The molecule has 0 atom stereocenters. The number of carbonyl (C=O) groups is 1. The van der Waals surface area contributed by atoms with Crippen LogP contribution in [0.15, 0.2) is 24.5 Å². The lowest BCUT2D eigenvalue weighted by Gasteiger charge is -2.12. The lowest BCUT2D eigenvalue weighted by molar-refractivity contribution is 0.0694. The summed E-state index contributed by atoms with van der Waals surface area (Å²) in [5.74, 6) is -1.03. The van der Waals surface area contributed by atoms with Crippen LogP contribution >= 0.6 is 34.8 Å². The molecule has 0 spiro atoms. The van der Waals surface area contributed by atoms with E-state index in [1.165, 1.54) is 31.6 Å². The van der Waals surface area contributed by atoms with Crippen molar-refractivity contribution in [1.82, 2.24) is 4.98 Å². The average molecular weight is 333 g/mol. The van der Waals surface area contributed by atoms with Gasteiger partial charge in [-0.1, -0.05) is 34.8 Å². The van der Waals surface area contributed by atoms with Crippen molar-refractivity contribution in [2.45, 2.75) is 0 Å². The lowest BCUT2D eigenvalue weighted by atomic mass is 10.0. The molecule has 0 bridgehead atoms. The lowest BCUT2D eigenvalue weighted by Crippen LogP contribution is -2.04. The van der Waals surface area contributed by atoms with Crippen molar-refractivity contribution in [3.63, 3.8) is 0 Å². The topological polar surface area (TPSA) is 59.4 Å². The maximum Gasteiger partial charge on any atom is 0.340 e. The number of hydrogen-bond donors (Lipinski definition) is 1. The van der Waals surface area contributed by atoms with E-state index >= 15 is 0 Å². The zero-order valence-electron chi connectivity index (χ0n) is 10.2. The Morgan fingerprint density at radius 3 is 2.50 bits per heavy atom. The first kappa shape index (κ1) is 14.9. The van der Waals surface area contributed by atoms with Gasteiger partial charge in [0.05, 0.1) is 23.4 Å². The Labute approximate surface area is 129 Å². The predicted molar refractivity (Wildman–Crippen MR) is 78.2 cm³/mol. The Kier molecular flexibility index (Phi) is 4.38. The number of halogens is 3. The second-order valence-electron chi connectivity index (χ2n) is 3.82. The fourth-order valence-corrected chi connectivity index (χ4v) is 2.48. The molecule has 1 N–H and O–H groups in total. The Morgan fingerprint density at radius 2 is 1.90 bits per heavy atom. The van der Waals surface area contributed by atoms with E-state index in [2.05, 4.69) is 4.98 Å². The summed E-state index contributed by atoms with van der Waals surface area (Å²) in [4.78, 5) is 15.4. The molecule has 0 saturated carbocycles. The van der Waals surface area contributed by atoms with Crippen LogP contribution < -0.4 is 4.74 Å². The summed E-state index contributed by atoms with van der Waals surface area (Å²) in [6.45, 7) is 0. The number of carboxylic acid groups (broad SMARTS) is 1. The Balaban J connectivity index is 2.80. The van der Waals surface area contributed by atoms with E-state index in [4.69, 9.17) is 39.5 Å². The fourth-order valence-electron chi connectivity index (χ4n) is 1.77. The van der Waals surface area contributed by atoms with E-state index < -0.39 is 5.97 Å². The monoisotopic (exact) mass is 331 g/mol. The zero-order chi connectivity index (χ0) is 14.9. The number of aromatic nitrogens is 1. The van der Waals surface area contributed by atoms with E-state index in [-0.39, 0.29) is 26.9 Å². The van der Waals surface area contributed by atoms with Crippen LogP contribution in [0.2, 0.25) is 15.1 Å². The largest absolute Gasteiger partial charge is 0.494 e. The highest BCUT2D eigenvalue weighted by Gasteiger charge is 2.21. The van der Waals surface area contributed by atoms with Crippen LogP contribution in [0.25, 0.3) is 11.1 Å². The van der Waals surface area contributed by atoms with E-state index in [1.807, 2.05) is 0 Å². The number of nitrogens with zero attached hydrogens (tertiary/aromatic N) is 1. The first-order chi connectivity index (χ1) is 9.45. The third-order valence-electron chi connectivity index (χ3n) is 2.63. The number of benzene rings is 1. The van der Waals surface area contributed by atoms with E-state index in [0.717, 1.165) is 0 Å². The van der Waals surface area contributed by atoms with E-state index in [0.29, 0.717) is 10.6 Å². The van der Waals surface area contributed by atoms with Gasteiger partial charge in [0.15, 0.2) is 5.75 Å². The molecule has 2 rings (SSSR count). The van der Waals surface area contributed by atoms with Crippen LogP contribution in [0.4, 0.5) is 0 Å². The first-order valence-corrected chi connectivity index (χ1v) is 6.49. The molecule has 1 aromatic heterocycles. The van der Waals surface area contributed by atoms with Gasteiger partial charge in [-0.2, -0.15) is 0 Å². The van der Waals surface area contributed by atoms with Crippen molar-refractivity contribution in [2.24, 2.45) is 0 Å². The molecule has 20 heavy (non-hydrogen) atoms. The molecule has 4 nitrogen and oxygen atoms in total. The minimum absolute atomic E-state index is 0.0530. The molecule has 0 aliphatic carbocycles. The second-order valence-corrected chi connectivity index (χ2v) is 5.04. The Bertz CT molecular complexity index is 689. The summed E-state index contributed by atoms with van der Waals surface area (Å²) in [5.41, 5.74) is 0.613. The summed E-state index contributed by atoms with van der Waals surface area (Å²) < 4.78 is 5.02. The number of carboxylic acids is 1. The van der Waals surface area contributed by atoms with E-state index in [9.17, 15) is 9.90 Å². The highest BCUT2D eigenvalue weighted by atomic mass is 35.5. The van der Waals surface area contributed by atoms with Crippen molar-refractivity contribution in [2.75, 3.05) is 7.11 Å². The summed E-state index contributed by atoms with van der Waals surface area (Å²) >= 11 is 18.0. The molecule has 1 heterocycles. The van der Waals surface area contributed by atoms with Crippen LogP contribution in [0.5, 0.6) is 5.75 Å². The molecule has 0 saturated heterocycles. The van der Waals surface area contributed by atoms with Gasteiger partial charge in [-0.15, -0.1) is 0 Å². The van der Waals surface area contributed by atoms with Gasteiger partial charge in [-0.25, -0.2) is 4.79 Å². The van der Waals surface area contributed by atoms with Gasteiger partial charge in [0.25, 0.3) is 0 Å². The second kappa shape index (κ2) is 5.87. The zero-order valence-corrected chi connectivity index (χ0v) is 12.4. The Hall–Kier alpha value is -1.49. The van der Waals surface area contributed by atoms with E-state index in [1.54, 1.807) is 0 Å². The molecule has 104 valence electrons. The van der Waals surface area contributed by atoms with Crippen LogP contribution in [0.1, 0.15) is 10.4 Å². The molecule has 7 heteroatoms. The molecule has 0 amide bonds. The van der Waals surface area contributed by atoms with Gasteiger partial charge >= 0.3 is 5.97 Å². The van der Waals surface area contributed by atoms with Crippen molar-refractivity contribution in [1.29, 1.82) is 0 Å². The third kappa shape index (κ3) is 2.68. The van der Waals surface area contributed by atoms with Crippen molar-refractivity contribution < 1.29 is 14.6 Å². The molecule has 1 aromatic carbocycles. The Morgan fingerprint density at radius 1 is 1.20 bits per heavy atom. The predicted octanol–water partition coefficient (Wildman–Crippen LogP) is 4.42. The molecule has 0 radical (unpaired) electrons. The summed E-state index contributed by atoms with van der Waals surface area (Å²) in [6, 6.07) is 3.00. The van der Waals surface area contributed by atoms with Crippen molar-refractivity contribution in [3.05, 3.63) is 45.2 Å². The number of ether oxygens (including phenoxy) is 1. The standard InChI is InChI=1S/C13H8Cl3NO3/c1-20-10-5-17-4-8(11(10)13(18)19)7-2-6(14)3-9(15)12(7)16/h2-5H,1H3,(H,18,19). The molecular formula is C13H8Cl3NO3. The maximum atomic E-state index is 11.4. The average Bonchev–Trinajstić information content (AvgIpc) is 2.41. The summed E-state index contributed by atoms with van der Waals surface area (Å²) in [7, 11) is 1.36. The van der Waals surface area contributed by atoms with Gasteiger partial charge in [0.2, 0.25) is 0 Å². The minimum Gasteiger partial charge on any atom is -0.494 e. The maximum absolute atomic E-state index is 11.4. The van der Waals surface area contributed by atoms with Crippen LogP contribution in [0.3, 0.4) is 0 Å². The normalized spacial score (nSPS) is 10.4. The van der Waals surface area contributed by atoms with Gasteiger partial charge in [-0.3, -0.25) is 4.98 Å². The first-order valence-electron chi connectivity index (χ1n) is 5.36. The quantitative estimate of drug-likeness (QED) is 0.845. The smallest absolute Gasteiger partial charge is 0.340 e. The number of pyridine rings is 1. The van der Waals surface area contributed by atoms with Gasteiger partial charge in [-0.05, 0) is 12.1 Å². The molecule has 0 aliphatic rings. The van der Waals surface area contributed by atoms with Gasteiger partial charge in [0.1, 0.15) is 5.56 Å². The number of methoxy groups -OCH3 is 1. The number of hydrogen-bond acceptors (Lipinski definition) is 3. The number of aromatic carboxylic acids is 1. The fraction of sp³-hybridized carbons (Fsp3) is 0.0769. The highest BCUT2D eigenvalue weighted by molar-refractivity contribution is 6.45. The summed E-state index contributed by atoms with van der Waals surface area (Å²) in [6.07, 6.45) is 2.69. The molecule has 0 aliphatic heterocycles. The molecule has 2 aromatic rings. The van der Waals surface area contributed by atoms with Crippen LogP contribution in [-0.4, -0.2) is 23.2 Å². The van der Waals surface area contributed by atoms with Crippen molar-refractivity contribution >= 4 is 40.8 Å². The van der Waals surface area contributed by atoms with Gasteiger partial charge in [0, 0.05) is 22.3 Å². The highest BCUT2D eigenvalue weighted by Crippen LogP contribution is 2.39. The minimum atomic E-state index is -1.16. The molecule has 0 fully saturated rings. The summed E-state index contributed by atoms with van der Waals surface area (Å²) in [5, 5.41) is 10.1. The number of rotatable bonds is 3.